The van der Waals surface area contributed by atoms with E-state index in [0.29, 0.717) is 6.79 Å². The lowest BCUT2D eigenvalue weighted by molar-refractivity contribution is 0.174. The lowest BCUT2D eigenvalue weighted by atomic mass is 10.0. The van der Waals surface area contributed by atoms with Gasteiger partial charge in [-0.1, -0.05) is 0 Å². The second-order valence-corrected chi connectivity index (χ2v) is 3.94. The van der Waals surface area contributed by atoms with Crippen molar-refractivity contribution in [3.8, 4) is 22.8 Å². The van der Waals surface area contributed by atoms with Crippen molar-refractivity contribution in [2.45, 2.75) is 6.92 Å². The van der Waals surface area contributed by atoms with Crippen LogP contribution in [0, 0.1) is 6.92 Å². The number of benzene rings is 1. The van der Waals surface area contributed by atoms with Crippen LogP contribution >= 0.6 is 0 Å². The van der Waals surface area contributed by atoms with Gasteiger partial charge in [0.15, 0.2) is 11.5 Å². The summed E-state index contributed by atoms with van der Waals surface area (Å²) in [5.41, 5.74) is 3.16. The van der Waals surface area contributed by atoms with Gasteiger partial charge in [0, 0.05) is 18.7 Å². The highest BCUT2D eigenvalue weighted by molar-refractivity contribution is 5.70. The molecular formula is C12H13N3O2. The fourth-order valence-corrected chi connectivity index (χ4v) is 1.92. The Bertz CT molecular complexity index is 563. The van der Waals surface area contributed by atoms with Crippen LogP contribution in [0.25, 0.3) is 11.3 Å². The maximum absolute atomic E-state index is 5.38. The Labute approximate surface area is 98.8 Å². The fourth-order valence-electron chi connectivity index (χ4n) is 1.92. The highest BCUT2D eigenvalue weighted by Gasteiger charge is 2.17. The van der Waals surface area contributed by atoms with Crippen molar-refractivity contribution in [3.05, 3.63) is 23.8 Å². The van der Waals surface area contributed by atoms with E-state index in [4.69, 9.17) is 9.47 Å². The van der Waals surface area contributed by atoms with Crippen LogP contribution in [0.2, 0.25) is 0 Å². The molecule has 0 aliphatic carbocycles. The van der Waals surface area contributed by atoms with Gasteiger partial charge in [0.1, 0.15) is 5.82 Å². The lowest BCUT2D eigenvalue weighted by Crippen LogP contribution is -1.92. The molecule has 0 bridgehead atoms. The van der Waals surface area contributed by atoms with E-state index < -0.39 is 0 Å². The molecule has 0 radical (unpaired) electrons. The number of anilines is 1. The average Bonchev–Trinajstić information content (AvgIpc) is 2.94. The SMILES string of the molecule is CNc1cc(-c2cc3c(cc2C)OCO3)[nH]n1. The van der Waals surface area contributed by atoms with Crippen molar-refractivity contribution < 1.29 is 9.47 Å². The first-order chi connectivity index (χ1) is 8.28. The summed E-state index contributed by atoms with van der Waals surface area (Å²) in [7, 11) is 1.84. The molecule has 0 atom stereocenters. The Balaban J connectivity index is 2.08. The number of aromatic amines is 1. The second-order valence-electron chi connectivity index (χ2n) is 3.94. The van der Waals surface area contributed by atoms with Gasteiger partial charge < -0.3 is 14.8 Å². The number of hydrogen-bond donors (Lipinski definition) is 2. The number of fused-ring (bicyclic) bond motifs is 1. The number of ether oxygens (including phenoxy) is 2. The van der Waals surface area contributed by atoms with E-state index in [1.54, 1.807) is 0 Å². The quantitative estimate of drug-likeness (QED) is 0.831. The average molecular weight is 231 g/mol. The predicted molar refractivity (Wildman–Crippen MR) is 64.4 cm³/mol. The van der Waals surface area contributed by atoms with Gasteiger partial charge in [-0.05, 0) is 24.6 Å². The van der Waals surface area contributed by atoms with E-state index in [2.05, 4.69) is 15.5 Å². The van der Waals surface area contributed by atoms with Crippen molar-refractivity contribution in [3.63, 3.8) is 0 Å². The Morgan fingerprint density at radius 2 is 2.00 bits per heavy atom. The largest absolute Gasteiger partial charge is 0.454 e. The molecule has 1 aromatic carbocycles. The van der Waals surface area contributed by atoms with Crippen molar-refractivity contribution in [1.82, 2.24) is 10.2 Å². The molecule has 88 valence electrons. The van der Waals surface area contributed by atoms with Crippen molar-refractivity contribution >= 4 is 5.82 Å². The molecule has 5 heteroatoms. The molecule has 1 aliphatic heterocycles. The molecule has 0 unspecified atom stereocenters. The first kappa shape index (κ1) is 10.0. The fraction of sp³-hybridized carbons (Fsp3) is 0.250. The topological polar surface area (TPSA) is 59.2 Å². The molecule has 2 aromatic rings. The number of nitrogens with one attached hydrogen (secondary N) is 2. The van der Waals surface area contributed by atoms with Crippen LogP contribution in [-0.2, 0) is 0 Å². The summed E-state index contributed by atoms with van der Waals surface area (Å²) in [6.07, 6.45) is 0. The summed E-state index contributed by atoms with van der Waals surface area (Å²) in [5.74, 6) is 2.41. The van der Waals surface area contributed by atoms with Gasteiger partial charge in [0.2, 0.25) is 6.79 Å². The smallest absolute Gasteiger partial charge is 0.231 e. The molecule has 0 fully saturated rings. The number of aryl methyl sites for hydroxylation is 1. The molecule has 0 saturated heterocycles. The molecule has 5 nitrogen and oxygen atoms in total. The second kappa shape index (κ2) is 3.69. The van der Waals surface area contributed by atoms with Crippen LogP contribution in [0.4, 0.5) is 5.82 Å². The highest BCUT2D eigenvalue weighted by Crippen LogP contribution is 2.38. The lowest BCUT2D eigenvalue weighted by Gasteiger charge is -2.04. The molecule has 2 N–H and O–H groups in total. The zero-order valence-electron chi connectivity index (χ0n) is 9.70. The zero-order chi connectivity index (χ0) is 11.8. The Morgan fingerprint density at radius 3 is 2.71 bits per heavy atom. The first-order valence-corrected chi connectivity index (χ1v) is 5.41. The normalized spacial score (nSPS) is 12.8. The van der Waals surface area contributed by atoms with Crippen LogP contribution < -0.4 is 14.8 Å². The van der Waals surface area contributed by atoms with E-state index in [1.165, 1.54) is 0 Å². The van der Waals surface area contributed by atoms with Gasteiger partial charge in [0.05, 0.1) is 5.69 Å². The van der Waals surface area contributed by atoms with Gasteiger partial charge >= 0.3 is 0 Å². The van der Waals surface area contributed by atoms with Crippen molar-refractivity contribution in [1.29, 1.82) is 0 Å². The van der Waals surface area contributed by atoms with Gasteiger partial charge in [0.25, 0.3) is 0 Å². The van der Waals surface area contributed by atoms with Crippen molar-refractivity contribution in [2.75, 3.05) is 19.2 Å². The maximum atomic E-state index is 5.38. The monoisotopic (exact) mass is 231 g/mol. The van der Waals surface area contributed by atoms with Crippen LogP contribution in [0.1, 0.15) is 5.56 Å². The molecule has 1 aliphatic rings. The summed E-state index contributed by atoms with van der Waals surface area (Å²) in [6.45, 7) is 2.33. The third-order valence-electron chi connectivity index (χ3n) is 2.84. The summed E-state index contributed by atoms with van der Waals surface area (Å²) in [5, 5.41) is 10.1. The molecule has 2 heterocycles. The van der Waals surface area contributed by atoms with Crippen LogP contribution in [-0.4, -0.2) is 24.0 Å². The number of nitrogens with zero attached hydrogens (tertiary/aromatic N) is 1. The Kier molecular flexibility index (Phi) is 2.18. The van der Waals surface area contributed by atoms with E-state index >= 15 is 0 Å². The molecule has 0 spiro atoms. The standard InChI is InChI=1S/C12H13N3O2/c1-7-3-10-11(17-6-16-10)4-8(7)9-5-12(13-2)15-14-9/h3-5H,6H2,1-2H3,(H2,13,14,15). The predicted octanol–water partition coefficient (Wildman–Crippen LogP) is 2.16. The van der Waals surface area contributed by atoms with Crippen molar-refractivity contribution in [2.24, 2.45) is 0 Å². The Hall–Kier alpha value is -2.17. The van der Waals surface area contributed by atoms with E-state index in [0.717, 1.165) is 34.1 Å². The number of H-pyrrole nitrogens is 1. The summed E-state index contributed by atoms with van der Waals surface area (Å²) in [6, 6.07) is 5.92. The van der Waals surface area contributed by atoms with Gasteiger partial charge in [-0.2, -0.15) is 5.10 Å². The van der Waals surface area contributed by atoms with Gasteiger partial charge in [-0.15, -0.1) is 0 Å². The minimum absolute atomic E-state index is 0.295. The maximum Gasteiger partial charge on any atom is 0.231 e. The molecule has 1 aromatic heterocycles. The molecular weight excluding hydrogens is 218 g/mol. The summed E-state index contributed by atoms with van der Waals surface area (Å²) in [4.78, 5) is 0. The summed E-state index contributed by atoms with van der Waals surface area (Å²) >= 11 is 0. The van der Waals surface area contributed by atoms with E-state index in [-0.39, 0.29) is 0 Å². The first-order valence-electron chi connectivity index (χ1n) is 5.41. The molecule has 0 saturated carbocycles. The summed E-state index contributed by atoms with van der Waals surface area (Å²) < 4.78 is 10.7. The van der Waals surface area contributed by atoms with E-state index in [1.807, 2.05) is 32.2 Å². The molecule has 0 amide bonds. The third kappa shape index (κ3) is 1.60. The molecule has 3 rings (SSSR count). The number of aromatic nitrogens is 2. The minimum Gasteiger partial charge on any atom is -0.454 e. The van der Waals surface area contributed by atoms with Crippen LogP contribution in [0.3, 0.4) is 0 Å². The minimum atomic E-state index is 0.295. The molecule has 17 heavy (non-hydrogen) atoms. The van der Waals surface area contributed by atoms with Crippen LogP contribution in [0.15, 0.2) is 18.2 Å². The Morgan fingerprint density at radius 1 is 1.24 bits per heavy atom. The van der Waals surface area contributed by atoms with Gasteiger partial charge in [-0.25, -0.2) is 0 Å². The number of hydrogen-bond acceptors (Lipinski definition) is 4. The van der Waals surface area contributed by atoms with E-state index in [9.17, 15) is 0 Å². The third-order valence-corrected chi connectivity index (χ3v) is 2.84. The van der Waals surface area contributed by atoms with Crippen LogP contribution in [0.5, 0.6) is 11.5 Å². The highest BCUT2D eigenvalue weighted by atomic mass is 16.7. The number of rotatable bonds is 2. The van der Waals surface area contributed by atoms with Gasteiger partial charge in [-0.3, -0.25) is 5.10 Å². The zero-order valence-corrected chi connectivity index (χ0v) is 9.70.